The Labute approximate surface area is 153 Å². The van der Waals surface area contributed by atoms with E-state index in [-0.39, 0.29) is 30.1 Å². The number of esters is 1. The molecule has 1 aliphatic rings. The third-order valence-corrected chi connectivity index (χ3v) is 4.28. The number of benzene rings is 2. The Morgan fingerprint density at radius 3 is 2.59 bits per heavy atom. The van der Waals surface area contributed by atoms with Gasteiger partial charge >= 0.3 is 5.97 Å². The van der Waals surface area contributed by atoms with E-state index in [4.69, 9.17) is 4.74 Å². The molecule has 1 heterocycles. The van der Waals surface area contributed by atoms with E-state index < -0.39 is 29.4 Å². The van der Waals surface area contributed by atoms with Crippen LogP contribution in [0.2, 0.25) is 0 Å². The highest BCUT2D eigenvalue weighted by atomic mass is 19.2. The molecule has 27 heavy (non-hydrogen) atoms. The third-order valence-electron chi connectivity index (χ3n) is 4.28. The van der Waals surface area contributed by atoms with E-state index in [1.54, 1.807) is 18.2 Å². The van der Waals surface area contributed by atoms with Crippen LogP contribution >= 0.6 is 0 Å². The number of rotatable bonds is 4. The van der Waals surface area contributed by atoms with E-state index in [9.17, 15) is 23.2 Å². The Morgan fingerprint density at radius 2 is 1.89 bits per heavy atom. The first-order valence-corrected chi connectivity index (χ1v) is 8.14. The number of carbonyl (C=O) groups excluding carboxylic acids is 3. The third kappa shape index (κ3) is 3.79. The largest absolute Gasteiger partial charge is 0.465 e. The average molecular weight is 374 g/mol. The van der Waals surface area contributed by atoms with Gasteiger partial charge in [0, 0.05) is 24.7 Å². The maximum Gasteiger partial charge on any atom is 0.339 e. The van der Waals surface area contributed by atoms with Gasteiger partial charge in [-0.15, -0.1) is 0 Å². The molecule has 1 saturated heterocycles. The lowest BCUT2D eigenvalue weighted by Gasteiger charge is -2.19. The lowest BCUT2D eigenvalue weighted by molar-refractivity contribution is -0.122. The van der Waals surface area contributed by atoms with Gasteiger partial charge in [-0.1, -0.05) is 12.1 Å². The standard InChI is InChI=1S/C19H16F2N2O4/c1-27-19(26)13-4-2-3-5-16(13)23-10-11(8-17(23)24)18(25)22-12-6-7-14(20)15(21)9-12/h2-7,9,11H,8,10H2,1H3,(H,22,25). The molecule has 0 saturated carbocycles. The van der Waals surface area contributed by atoms with Crippen molar-refractivity contribution in [2.24, 2.45) is 5.92 Å². The molecule has 0 radical (unpaired) electrons. The van der Waals surface area contributed by atoms with Crippen LogP contribution in [0.4, 0.5) is 20.2 Å². The van der Waals surface area contributed by atoms with Gasteiger partial charge in [-0.3, -0.25) is 9.59 Å². The molecule has 1 N–H and O–H groups in total. The summed E-state index contributed by atoms with van der Waals surface area (Å²) in [6.45, 7) is 0.0579. The van der Waals surface area contributed by atoms with Gasteiger partial charge in [-0.25, -0.2) is 13.6 Å². The Bertz CT molecular complexity index is 916. The van der Waals surface area contributed by atoms with Crippen LogP contribution in [0.25, 0.3) is 0 Å². The monoisotopic (exact) mass is 374 g/mol. The summed E-state index contributed by atoms with van der Waals surface area (Å²) >= 11 is 0. The van der Waals surface area contributed by atoms with Crippen LogP contribution in [0.5, 0.6) is 0 Å². The van der Waals surface area contributed by atoms with E-state index in [1.807, 2.05) is 0 Å². The molecule has 6 nitrogen and oxygen atoms in total. The first-order valence-electron chi connectivity index (χ1n) is 8.14. The summed E-state index contributed by atoms with van der Waals surface area (Å²) in [6, 6.07) is 9.45. The van der Waals surface area contributed by atoms with Crippen molar-refractivity contribution < 1.29 is 27.9 Å². The predicted molar refractivity (Wildman–Crippen MR) is 93.2 cm³/mol. The van der Waals surface area contributed by atoms with Gasteiger partial charge in [0.15, 0.2) is 11.6 Å². The Hall–Kier alpha value is -3.29. The van der Waals surface area contributed by atoms with Gasteiger partial charge in [-0.05, 0) is 24.3 Å². The van der Waals surface area contributed by atoms with Crippen molar-refractivity contribution >= 4 is 29.2 Å². The summed E-state index contributed by atoms with van der Waals surface area (Å²) in [5.41, 5.74) is 0.673. The van der Waals surface area contributed by atoms with Crippen LogP contribution in [0, 0.1) is 17.6 Å². The second-order valence-corrected chi connectivity index (χ2v) is 6.03. The summed E-state index contributed by atoms with van der Waals surface area (Å²) < 4.78 is 31.0. The van der Waals surface area contributed by atoms with Crippen molar-refractivity contribution in [3.8, 4) is 0 Å². The van der Waals surface area contributed by atoms with Crippen LogP contribution in [-0.4, -0.2) is 31.4 Å². The summed E-state index contributed by atoms with van der Waals surface area (Å²) in [6.07, 6.45) is -0.0645. The highest BCUT2D eigenvalue weighted by Crippen LogP contribution is 2.29. The fourth-order valence-electron chi connectivity index (χ4n) is 2.93. The van der Waals surface area contributed by atoms with Crippen molar-refractivity contribution in [3.63, 3.8) is 0 Å². The Kier molecular flexibility index (Phi) is 5.16. The first-order chi connectivity index (χ1) is 12.9. The van der Waals surface area contributed by atoms with Crippen molar-refractivity contribution in [3.05, 3.63) is 59.7 Å². The topological polar surface area (TPSA) is 75.7 Å². The van der Waals surface area contributed by atoms with Gasteiger partial charge < -0.3 is 15.0 Å². The molecule has 2 aromatic carbocycles. The number of methoxy groups -OCH3 is 1. The van der Waals surface area contributed by atoms with E-state index >= 15 is 0 Å². The number of nitrogens with one attached hydrogen (secondary N) is 1. The summed E-state index contributed by atoms with van der Waals surface area (Å²) in [5.74, 6) is -4.20. The predicted octanol–water partition coefficient (Wildman–Crippen LogP) is 2.74. The minimum absolute atomic E-state index is 0.0579. The quantitative estimate of drug-likeness (QED) is 0.835. The maximum absolute atomic E-state index is 13.3. The molecule has 2 aromatic rings. The number of hydrogen-bond donors (Lipinski definition) is 1. The number of halogens is 2. The molecule has 1 aliphatic heterocycles. The van der Waals surface area contributed by atoms with E-state index in [1.165, 1.54) is 24.1 Å². The molecule has 1 unspecified atom stereocenters. The van der Waals surface area contributed by atoms with Crippen molar-refractivity contribution in [1.29, 1.82) is 0 Å². The molecular formula is C19H16F2N2O4. The summed E-state index contributed by atoms with van der Waals surface area (Å²) in [7, 11) is 1.24. The first kappa shape index (κ1) is 18.5. The lowest BCUT2D eigenvalue weighted by Crippen LogP contribution is -2.29. The normalized spacial score (nSPS) is 16.3. The van der Waals surface area contributed by atoms with Crippen LogP contribution in [-0.2, 0) is 14.3 Å². The number of carbonyl (C=O) groups is 3. The van der Waals surface area contributed by atoms with Gasteiger partial charge in [0.25, 0.3) is 0 Å². The number of amides is 2. The SMILES string of the molecule is COC(=O)c1ccccc1N1CC(C(=O)Nc2ccc(F)c(F)c2)CC1=O. The van der Waals surface area contributed by atoms with Crippen LogP contribution in [0.1, 0.15) is 16.8 Å². The minimum atomic E-state index is -1.08. The highest BCUT2D eigenvalue weighted by Gasteiger charge is 2.36. The Morgan fingerprint density at radius 1 is 1.15 bits per heavy atom. The van der Waals surface area contributed by atoms with E-state index in [0.29, 0.717) is 5.69 Å². The molecule has 1 fully saturated rings. The zero-order valence-corrected chi connectivity index (χ0v) is 14.4. The number of nitrogens with zero attached hydrogens (tertiary/aromatic N) is 1. The Balaban J connectivity index is 1.76. The van der Waals surface area contributed by atoms with Crippen molar-refractivity contribution in [2.75, 3.05) is 23.9 Å². The summed E-state index contributed by atoms with van der Waals surface area (Å²) in [4.78, 5) is 38.1. The van der Waals surface area contributed by atoms with Gasteiger partial charge in [-0.2, -0.15) is 0 Å². The van der Waals surface area contributed by atoms with Crippen molar-refractivity contribution in [2.45, 2.75) is 6.42 Å². The van der Waals surface area contributed by atoms with Crippen LogP contribution in [0.3, 0.4) is 0 Å². The number of hydrogen-bond acceptors (Lipinski definition) is 4. The van der Waals surface area contributed by atoms with Gasteiger partial charge in [0.1, 0.15) is 0 Å². The summed E-state index contributed by atoms with van der Waals surface area (Å²) in [5, 5.41) is 2.48. The van der Waals surface area contributed by atoms with Crippen LogP contribution in [0.15, 0.2) is 42.5 Å². The molecule has 0 bridgehead atoms. The van der Waals surface area contributed by atoms with Gasteiger partial charge in [0.2, 0.25) is 11.8 Å². The zero-order valence-electron chi connectivity index (χ0n) is 14.4. The molecule has 1 atom stereocenters. The molecule has 0 aromatic heterocycles. The smallest absolute Gasteiger partial charge is 0.339 e. The number of anilines is 2. The zero-order chi connectivity index (χ0) is 19.6. The molecule has 8 heteroatoms. The fourth-order valence-corrected chi connectivity index (χ4v) is 2.93. The molecule has 0 aliphatic carbocycles. The average Bonchev–Trinajstić information content (AvgIpc) is 3.06. The molecule has 0 spiro atoms. The second kappa shape index (κ2) is 7.53. The van der Waals surface area contributed by atoms with Crippen molar-refractivity contribution in [1.82, 2.24) is 0 Å². The lowest BCUT2D eigenvalue weighted by atomic mass is 10.1. The fraction of sp³-hybridized carbons (Fsp3) is 0.211. The molecular weight excluding hydrogens is 358 g/mol. The number of para-hydroxylation sites is 1. The van der Waals surface area contributed by atoms with E-state index in [0.717, 1.165) is 12.1 Å². The number of ether oxygens (including phenoxy) is 1. The molecule has 3 rings (SSSR count). The molecule has 140 valence electrons. The van der Waals surface area contributed by atoms with E-state index in [2.05, 4.69) is 5.32 Å². The molecule has 2 amide bonds. The second-order valence-electron chi connectivity index (χ2n) is 6.03. The minimum Gasteiger partial charge on any atom is -0.465 e. The maximum atomic E-state index is 13.3. The van der Waals surface area contributed by atoms with Gasteiger partial charge in [0.05, 0.1) is 24.3 Å². The highest BCUT2D eigenvalue weighted by molar-refractivity contribution is 6.07. The van der Waals surface area contributed by atoms with Crippen LogP contribution < -0.4 is 10.2 Å².